The van der Waals surface area contributed by atoms with Crippen molar-refractivity contribution in [3.8, 4) is 5.75 Å². The molecule has 4 heteroatoms. The van der Waals surface area contributed by atoms with Crippen molar-refractivity contribution < 1.29 is 14.6 Å². The summed E-state index contributed by atoms with van der Waals surface area (Å²) in [6.45, 7) is 6.53. The SMILES string of the molecule is CC(CO)CNC(=O)c1cccc2c1OC(C)C2C. The first-order valence-corrected chi connectivity index (χ1v) is 6.73. The number of rotatable bonds is 4. The zero-order valence-corrected chi connectivity index (χ0v) is 11.6. The lowest BCUT2D eigenvalue weighted by Crippen LogP contribution is -2.29. The van der Waals surface area contributed by atoms with Crippen LogP contribution in [0.5, 0.6) is 5.75 Å². The van der Waals surface area contributed by atoms with Gasteiger partial charge < -0.3 is 15.2 Å². The van der Waals surface area contributed by atoms with Crippen LogP contribution in [0, 0.1) is 5.92 Å². The molecule has 0 fully saturated rings. The van der Waals surface area contributed by atoms with E-state index in [9.17, 15) is 4.79 Å². The van der Waals surface area contributed by atoms with Gasteiger partial charge in [0.2, 0.25) is 0 Å². The molecule has 1 aromatic carbocycles. The summed E-state index contributed by atoms with van der Waals surface area (Å²) < 4.78 is 5.79. The largest absolute Gasteiger partial charge is 0.489 e. The number of fused-ring (bicyclic) bond motifs is 1. The average molecular weight is 263 g/mol. The molecule has 3 unspecified atom stereocenters. The average Bonchev–Trinajstić information content (AvgIpc) is 2.71. The van der Waals surface area contributed by atoms with E-state index in [2.05, 4.69) is 12.2 Å². The van der Waals surface area contributed by atoms with Crippen LogP contribution in [0.2, 0.25) is 0 Å². The van der Waals surface area contributed by atoms with E-state index in [4.69, 9.17) is 9.84 Å². The minimum Gasteiger partial charge on any atom is -0.489 e. The van der Waals surface area contributed by atoms with Crippen LogP contribution in [0.1, 0.15) is 42.6 Å². The molecule has 1 aliphatic rings. The van der Waals surface area contributed by atoms with Gasteiger partial charge in [0.05, 0.1) is 5.56 Å². The van der Waals surface area contributed by atoms with Crippen molar-refractivity contribution in [3.05, 3.63) is 29.3 Å². The van der Waals surface area contributed by atoms with Crippen molar-refractivity contribution in [3.63, 3.8) is 0 Å². The fourth-order valence-electron chi connectivity index (χ4n) is 2.19. The number of para-hydroxylation sites is 1. The number of carbonyl (C=O) groups is 1. The van der Waals surface area contributed by atoms with Gasteiger partial charge in [-0.2, -0.15) is 0 Å². The first kappa shape index (κ1) is 13.9. The van der Waals surface area contributed by atoms with Crippen molar-refractivity contribution in [2.45, 2.75) is 32.8 Å². The number of ether oxygens (including phenoxy) is 1. The molecule has 1 amide bonds. The van der Waals surface area contributed by atoms with E-state index >= 15 is 0 Å². The summed E-state index contributed by atoms with van der Waals surface area (Å²) in [7, 11) is 0. The second-order valence-corrected chi connectivity index (χ2v) is 5.33. The molecule has 0 bridgehead atoms. The molecule has 104 valence electrons. The van der Waals surface area contributed by atoms with E-state index in [0.717, 1.165) is 5.56 Å². The van der Waals surface area contributed by atoms with Gasteiger partial charge in [-0.1, -0.05) is 26.0 Å². The van der Waals surface area contributed by atoms with Gasteiger partial charge in [0, 0.05) is 24.6 Å². The van der Waals surface area contributed by atoms with Crippen molar-refractivity contribution in [1.29, 1.82) is 0 Å². The monoisotopic (exact) mass is 263 g/mol. The first-order valence-electron chi connectivity index (χ1n) is 6.73. The third-order valence-electron chi connectivity index (χ3n) is 3.71. The van der Waals surface area contributed by atoms with Crippen molar-refractivity contribution in [1.82, 2.24) is 5.32 Å². The zero-order valence-electron chi connectivity index (χ0n) is 11.6. The number of aliphatic hydroxyl groups is 1. The molecule has 3 atom stereocenters. The molecular weight excluding hydrogens is 242 g/mol. The highest BCUT2D eigenvalue weighted by atomic mass is 16.5. The Morgan fingerprint density at radius 3 is 2.89 bits per heavy atom. The Hall–Kier alpha value is -1.55. The van der Waals surface area contributed by atoms with Gasteiger partial charge in [0.1, 0.15) is 11.9 Å². The number of amides is 1. The molecule has 0 saturated carbocycles. The highest BCUT2D eigenvalue weighted by molar-refractivity contribution is 5.97. The second kappa shape index (κ2) is 5.61. The lowest BCUT2D eigenvalue weighted by Gasteiger charge is -2.12. The lowest BCUT2D eigenvalue weighted by atomic mass is 9.97. The quantitative estimate of drug-likeness (QED) is 0.872. The maximum absolute atomic E-state index is 12.2. The van der Waals surface area contributed by atoms with E-state index in [1.807, 2.05) is 26.0 Å². The van der Waals surface area contributed by atoms with Gasteiger partial charge in [-0.05, 0) is 18.9 Å². The third-order valence-corrected chi connectivity index (χ3v) is 3.71. The Labute approximate surface area is 113 Å². The third kappa shape index (κ3) is 2.73. The molecule has 19 heavy (non-hydrogen) atoms. The van der Waals surface area contributed by atoms with Crippen LogP contribution in [0.15, 0.2) is 18.2 Å². The van der Waals surface area contributed by atoms with Gasteiger partial charge in [0.25, 0.3) is 5.91 Å². The first-order chi connectivity index (χ1) is 9.04. The number of nitrogens with one attached hydrogen (secondary N) is 1. The molecule has 1 aliphatic heterocycles. The molecule has 0 radical (unpaired) electrons. The summed E-state index contributed by atoms with van der Waals surface area (Å²) in [5, 5.41) is 11.8. The van der Waals surface area contributed by atoms with E-state index in [0.29, 0.717) is 23.8 Å². The normalized spacial score (nSPS) is 22.5. The van der Waals surface area contributed by atoms with Crippen LogP contribution < -0.4 is 10.1 Å². The summed E-state index contributed by atoms with van der Waals surface area (Å²) in [5.74, 6) is 0.925. The predicted octanol–water partition coefficient (Wildman–Crippen LogP) is 1.93. The summed E-state index contributed by atoms with van der Waals surface area (Å²) in [6.07, 6.45) is 0.0975. The minimum atomic E-state index is -0.140. The summed E-state index contributed by atoms with van der Waals surface area (Å²) >= 11 is 0. The Morgan fingerprint density at radius 2 is 2.21 bits per heavy atom. The molecule has 0 aliphatic carbocycles. The molecule has 2 rings (SSSR count). The Morgan fingerprint density at radius 1 is 1.47 bits per heavy atom. The topological polar surface area (TPSA) is 58.6 Å². The van der Waals surface area contributed by atoms with Crippen LogP contribution in [0.25, 0.3) is 0 Å². The van der Waals surface area contributed by atoms with E-state index in [1.165, 1.54) is 0 Å². The van der Waals surface area contributed by atoms with Crippen LogP contribution >= 0.6 is 0 Å². The minimum absolute atomic E-state index is 0.0551. The van der Waals surface area contributed by atoms with Gasteiger partial charge in [-0.25, -0.2) is 0 Å². The van der Waals surface area contributed by atoms with E-state index in [1.54, 1.807) is 6.07 Å². The van der Waals surface area contributed by atoms with Gasteiger partial charge >= 0.3 is 0 Å². The molecule has 4 nitrogen and oxygen atoms in total. The smallest absolute Gasteiger partial charge is 0.255 e. The summed E-state index contributed by atoms with van der Waals surface area (Å²) in [6, 6.07) is 5.68. The highest BCUT2D eigenvalue weighted by Crippen LogP contribution is 2.40. The Kier molecular flexibility index (Phi) is 4.10. The number of aliphatic hydroxyl groups excluding tert-OH is 1. The maximum atomic E-state index is 12.2. The molecule has 2 N–H and O–H groups in total. The number of hydrogen-bond donors (Lipinski definition) is 2. The Balaban J connectivity index is 2.16. The molecule has 1 heterocycles. The van der Waals surface area contributed by atoms with Gasteiger partial charge in [0.15, 0.2) is 0 Å². The van der Waals surface area contributed by atoms with E-state index in [-0.39, 0.29) is 24.5 Å². The Bertz CT molecular complexity index is 472. The summed E-state index contributed by atoms with van der Waals surface area (Å²) in [4.78, 5) is 12.2. The summed E-state index contributed by atoms with van der Waals surface area (Å²) in [5.41, 5.74) is 1.68. The highest BCUT2D eigenvalue weighted by Gasteiger charge is 2.30. The fourth-order valence-corrected chi connectivity index (χ4v) is 2.19. The molecule has 0 aromatic heterocycles. The van der Waals surface area contributed by atoms with Crippen LogP contribution in [0.4, 0.5) is 0 Å². The second-order valence-electron chi connectivity index (χ2n) is 5.33. The van der Waals surface area contributed by atoms with Crippen molar-refractivity contribution in [2.24, 2.45) is 5.92 Å². The zero-order chi connectivity index (χ0) is 14.0. The molecule has 0 saturated heterocycles. The van der Waals surface area contributed by atoms with Crippen molar-refractivity contribution in [2.75, 3.05) is 13.2 Å². The van der Waals surface area contributed by atoms with Gasteiger partial charge in [-0.15, -0.1) is 0 Å². The number of hydrogen-bond acceptors (Lipinski definition) is 3. The van der Waals surface area contributed by atoms with Crippen LogP contribution in [-0.2, 0) is 0 Å². The van der Waals surface area contributed by atoms with Crippen LogP contribution in [0.3, 0.4) is 0 Å². The molecule has 1 aromatic rings. The van der Waals surface area contributed by atoms with Gasteiger partial charge in [-0.3, -0.25) is 4.79 Å². The predicted molar refractivity (Wildman–Crippen MR) is 73.5 cm³/mol. The van der Waals surface area contributed by atoms with Crippen molar-refractivity contribution >= 4 is 5.91 Å². The molecular formula is C15H21NO3. The standard InChI is InChI=1S/C15H21NO3/c1-9(8-17)7-16-15(18)13-6-4-5-12-10(2)11(3)19-14(12)13/h4-6,9-11,17H,7-8H2,1-3H3,(H,16,18). The number of benzene rings is 1. The number of carbonyl (C=O) groups excluding carboxylic acids is 1. The lowest BCUT2D eigenvalue weighted by molar-refractivity contribution is 0.0937. The van der Waals surface area contributed by atoms with E-state index < -0.39 is 0 Å². The molecule has 0 spiro atoms. The fraction of sp³-hybridized carbons (Fsp3) is 0.533. The maximum Gasteiger partial charge on any atom is 0.255 e. The van der Waals surface area contributed by atoms with Crippen LogP contribution in [-0.4, -0.2) is 30.3 Å².